The topological polar surface area (TPSA) is 84.3 Å². The Morgan fingerprint density at radius 1 is 0.914 bits per heavy atom. The molecule has 0 amide bonds. The summed E-state index contributed by atoms with van der Waals surface area (Å²) >= 11 is 6.38. The van der Waals surface area contributed by atoms with Crippen molar-refractivity contribution in [1.82, 2.24) is 15.3 Å². The summed E-state index contributed by atoms with van der Waals surface area (Å²) in [5.74, 6) is 2.14. The number of benzene rings is 3. The number of oxazole rings is 2. The highest BCUT2D eigenvalue weighted by Gasteiger charge is 2.21. The second-order valence-electron chi connectivity index (χ2n) is 8.87. The molecule has 176 valence electrons. The maximum atomic E-state index is 9.50. The zero-order valence-electron chi connectivity index (χ0n) is 19.5. The van der Waals surface area contributed by atoms with Gasteiger partial charge in [0.25, 0.3) is 0 Å². The quantitative estimate of drug-likeness (QED) is 0.314. The van der Waals surface area contributed by atoms with Crippen molar-refractivity contribution in [1.29, 1.82) is 0 Å². The van der Waals surface area contributed by atoms with Gasteiger partial charge in [-0.2, -0.15) is 0 Å². The molecule has 0 bridgehead atoms. The molecular weight excluding hydrogens is 462 g/mol. The Hall–Kier alpha value is -3.45. The van der Waals surface area contributed by atoms with Crippen molar-refractivity contribution in [3.63, 3.8) is 0 Å². The lowest BCUT2D eigenvalue weighted by molar-refractivity contribution is 0.282. The minimum Gasteiger partial charge on any atom is -0.441 e. The van der Waals surface area contributed by atoms with E-state index in [1.54, 1.807) is 12.1 Å². The predicted octanol–water partition coefficient (Wildman–Crippen LogP) is 6.23. The number of halogens is 1. The van der Waals surface area contributed by atoms with Crippen molar-refractivity contribution in [2.24, 2.45) is 0 Å². The zero-order chi connectivity index (χ0) is 24.1. The Morgan fingerprint density at radius 2 is 1.57 bits per heavy atom. The zero-order valence-corrected chi connectivity index (χ0v) is 20.2. The first-order valence-corrected chi connectivity index (χ1v) is 12.0. The first-order chi connectivity index (χ1) is 17.0. The number of nitrogens with one attached hydrogen (secondary N) is 1. The highest BCUT2D eigenvalue weighted by molar-refractivity contribution is 6.34. The van der Waals surface area contributed by atoms with Crippen LogP contribution in [0.5, 0.6) is 0 Å². The van der Waals surface area contributed by atoms with Crippen LogP contribution in [0, 0.1) is 13.8 Å². The number of fused-ring (bicyclic) bond motifs is 2. The fourth-order valence-corrected chi connectivity index (χ4v) is 5.09. The lowest BCUT2D eigenvalue weighted by Gasteiger charge is -2.14. The molecule has 0 aliphatic carbocycles. The van der Waals surface area contributed by atoms with Crippen LogP contribution in [0.2, 0.25) is 5.02 Å². The Morgan fingerprint density at radius 3 is 2.23 bits per heavy atom. The van der Waals surface area contributed by atoms with Gasteiger partial charge in [0.1, 0.15) is 11.3 Å². The normalized spacial score (nSPS) is 13.4. The standard InChI is InChI=1S/C28H24ClN3O3/c1-15-18(5-3-7-20(15)27-32-24-13-30-10-9-25(24)34-27)19-6-4-8-21(16(19)2)28-31-23-12-17(14-33)11-22(29)26(23)35-28/h3-8,11-12,30,33H,9-10,13-14H2,1-2H3. The monoisotopic (exact) mass is 485 g/mol. The van der Waals surface area contributed by atoms with Crippen LogP contribution in [0.15, 0.2) is 57.4 Å². The van der Waals surface area contributed by atoms with E-state index in [4.69, 9.17) is 25.4 Å². The number of nitrogens with zero attached hydrogens (tertiary/aromatic N) is 2. The smallest absolute Gasteiger partial charge is 0.227 e. The van der Waals surface area contributed by atoms with E-state index in [1.807, 2.05) is 18.2 Å². The Labute approximate surface area is 207 Å². The summed E-state index contributed by atoms with van der Waals surface area (Å²) in [6, 6.07) is 15.8. The number of hydrogen-bond acceptors (Lipinski definition) is 6. The largest absolute Gasteiger partial charge is 0.441 e. The van der Waals surface area contributed by atoms with E-state index in [1.165, 1.54) is 0 Å². The Bertz CT molecular complexity index is 1560. The number of aromatic nitrogens is 2. The molecule has 6 nitrogen and oxygen atoms in total. The van der Waals surface area contributed by atoms with Gasteiger partial charge in [-0.05, 0) is 65.9 Å². The number of aliphatic hydroxyl groups excluding tert-OH is 1. The summed E-state index contributed by atoms with van der Waals surface area (Å²) in [5.41, 5.74) is 9.07. The van der Waals surface area contributed by atoms with E-state index in [0.29, 0.717) is 33.5 Å². The van der Waals surface area contributed by atoms with E-state index in [-0.39, 0.29) is 6.61 Å². The number of aliphatic hydroxyl groups is 1. The molecule has 6 rings (SSSR count). The second-order valence-corrected chi connectivity index (χ2v) is 9.28. The molecule has 0 atom stereocenters. The Balaban J connectivity index is 1.45. The SMILES string of the molecule is Cc1c(-c2nc3c(o2)CCNC3)cccc1-c1cccc(-c2nc3cc(CO)cc(Cl)c3o2)c1C. The van der Waals surface area contributed by atoms with Crippen LogP contribution in [0.4, 0.5) is 0 Å². The molecule has 7 heteroatoms. The van der Waals surface area contributed by atoms with Crippen LogP contribution in [-0.4, -0.2) is 21.6 Å². The molecule has 1 aliphatic rings. The summed E-state index contributed by atoms with van der Waals surface area (Å²) in [6.45, 7) is 5.73. The van der Waals surface area contributed by atoms with E-state index in [0.717, 1.165) is 64.3 Å². The van der Waals surface area contributed by atoms with Crippen LogP contribution < -0.4 is 5.32 Å². The summed E-state index contributed by atoms with van der Waals surface area (Å²) in [7, 11) is 0. The summed E-state index contributed by atoms with van der Waals surface area (Å²) < 4.78 is 12.2. The average molecular weight is 486 g/mol. The fraction of sp³-hybridized carbons (Fsp3) is 0.214. The van der Waals surface area contributed by atoms with Gasteiger partial charge in [0, 0.05) is 30.6 Å². The van der Waals surface area contributed by atoms with Gasteiger partial charge in [0.15, 0.2) is 5.58 Å². The molecule has 0 unspecified atom stereocenters. The molecule has 1 aliphatic heterocycles. The minimum absolute atomic E-state index is 0.105. The molecule has 0 radical (unpaired) electrons. The Kier molecular flexibility index (Phi) is 5.44. The lowest BCUT2D eigenvalue weighted by atomic mass is 9.91. The van der Waals surface area contributed by atoms with Crippen LogP contribution in [-0.2, 0) is 19.6 Å². The first kappa shape index (κ1) is 22.0. The molecule has 2 N–H and O–H groups in total. The van der Waals surface area contributed by atoms with E-state index in [2.05, 4.69) is 42.3 Å². The van der Waals surface area contributed by atoms with Crippen molar-refractivity contribution >= 4 is 22.7 Å². The molecule has 0 fully saturated rings. The first-order valence-electron chi connectivity index (χ1n) is 11.6. The van der Waals surface area contributed by atoms with Gasteiger partial charge >= 0.3 is 0 Å². The third-order valence-corrected chi connectivity index (χ3v) is 6.99. The van der Waals surface area contributed by atoms with Crippen molar-refractivity contribution in [3.8, 4) is 34.0 Å². The minimum atomic E-state index is -0.105. The molecular formula is C28H24ClN3O3. The van der Waals surface area contributed by atoms with Crippen LogP contribution in [0.25, 0.3) is 45.1 Å². The third-order valence-electron chi connectivity index (χ3n) is 6.71. The molecule has 35 heavy (non-hydrogen) atoms. The van der Waals surface area contributed by atoms with Crippen molar-refractivity contribution in [2.45, 2.75) is 33.4 Å². The van der Waals surface area contributed by atoms with Gasteiger partial charge in [0.2, 0.25) is 11.8 Å². The van der Waals surface area contributed by atoms with Crippen LogP contribution >= 0.6 is 11.6 Å². The maximum Gasteiger partial charge on any atom is 0.227 e. The lowest BCUT2D eigenvalue weighted by Crippen LogP contribution is -2.22. The van der Waals surface area contributed by atoms with Gasteiger partial charge < -0.3 is 19.3 Å². The van der Waals surface area contributed by atoms with Gasteiger partial charge in [-0.1, -0.05) is 35.9 Å². The molecule has 0 saturated carbocycles. The molecule has 3 heterocycles. The highest BCUT2D eigenvalue weighted by atomic mass is 35.5. The van der Waals surface area contributed by atoms with Gasteiger partial charge in [0.05, 0.1) is 17.3 Å². The van der Waals surface area contributed by atoms with E-state index in [9.17, 15) is 5.11 Å². The molecule has 0 saturated heterocycles. The summed E-state index contributed by atoms with van der Waals surface area (Å²) in [5, 5.41) is 13.3. The van der Waals surface area contributed by atoms with Crippen molar-refractivity contribution in [3.05, 3.63) is 81.7 Å². The average Bonchev–Trinajstić information content (AvgIpc) is 3.49. The molecule has 3 aromatic carbocycles. The number of rotatable bonds is 4. The molecule has 5 aromatic rings. The summed E-state index contributed by atoms with van der Waals surface area (Å²) in [4.78, 5) is 9.45. The molecule has 0 spiro atoms. The molecule has 2 aromatic heterocycles. The van der Waals surface area contributed by atoms with Gasteiger partial charge in [-0.3, -0.25) is 0 Å². The number of hydrogen-bond donors (Lipinski definition) is 2. The summed E-state index contributed by atoms with van der Waals surface area (Å²) in [6.07, 6.45) is 0.858. The van der Waals surface area contributed by atoms with E-state index >= 15 is 0 Å². The van der Waals surface area contributed by atoms with Crippen molar-refractivity contribution < 1.29 is 13.9 Å². The van der Waals surface area contributed by atoms with E-state index < -0.39 is 0 Å². The maximum absolute atomic E-state index is 9.50. The predicted molar refractivity (Wildman–Crippen MR) is 136 cm³/mol. The third kappa shape index (κ3) is 3.74. The highest BCUT2D eigenvalue weighted by Crippen LogP contribution is 2.38. The van der Waals surface area contributed by atoms with Crippen LogP contribution in [0.3, 0.4) is 0 Å². The van der Waals surface area contributed by atoms with Gasteiger partial charge in [-0.15, -0.1) is 0 Å². The fourth-order valence-electron chi connectivity index (χ4n) is 4.81. The van der Waals surface area contributed by atoms with Crippen molar-refractivity contribution in [2.75, 3.05) is 6.54 Å². The second kappa shape index (κ2) is 8.64. The van der Waals surface area contributed by atoms with Crippen LogP contribution in [0.1, 0.15) is 28.1 Å². The van der Waals surface area contributed by atoms with Gasteiger partial charge in [-0.25, -0.2) is 9.97 Å².